The summed E-state index contributed by atoms with van der Waals surface area (Å²) in [6.07, 6.45) is 2.89. The number of hydrogen-bond acceptors (Lipinski definition) is 6. The second kappa shape index (κ2) is 3.52. The van der Waals surface area contributed by atoms with E-state index in [1.165, 1.54) is 12.4 Å². The average Bonchev–Trinajstić information content (AvgIpc) is 2.26. The Kier molecular flexibility index (Phi) is 2.20. The third kappa shape index (κ3) is 1.47. The first-order valence-electron chi connectivity index (χ1n) is 4.34. The molecular formula is C8H9N5O2. The van der Waals surface area contributed by atoms with Gasteiger partial charge < -0.3 is 9.94 Å². The first-order valence-corrected chi connectivity index (χ1v) is 4.34. The van der Waals surface area contributed by atoms with Crippen molar-refractivity contribution in [1.29, 1.82) is 5.41 Å². The molecule has 0 saturated carbocycles. The number of nitrogens with one attached hydrogen (secondary N) is 1. The zero-order valence-corrected chi connectivity index (χ0v) is 8.01. The molecule has 0 unspecified atom stereocenters. The summed E-state index contributed by atoms with van der Waals surface area (Å²) in [7, 11) is 0. The Bertz CT molecular complexity index is 550. The van der Waals surface area contributed by atoms with Crippen molar-refractivity contribution < 1.29 is 9.94 Å². The van der Waals surface area contributed by atoms with Crippen LogP contribution in [-0.4, -0.2) is 31.5 Å². The molecule has 2 N–H and O–H groups in total. The number of hydrogen-bond donors (Lipinski definition) is 2. The Hall–Kier alpha value is -2.18. The Labute approximate surface area is 84.5 Å². The van der Waals surface area contributed by atoms with E-state index in [1.807, 2.05) is 0 Å². The van der Waals surface area contributed by atoms with Crippen LogP contribution in [0, 0.1) is 5.41 Å². The molecule has 15 heavy (non-hydrogen) atoms. The third-order valence-electron chi connectivity index (χ3n) is 1.77. The van der Waals surface area contributed by atoms with Crippen molar-refractivity contribution >= 4 is 11.2 Å². The summed E-state index contributed by atoms with van der Waals surface area (Å²) < 4.78 is 5.76. The van der Waals surface area contributed by atoms with Gasteiger partial charge in [-0.25, -0.2) is 9.97 Å². The maximum absolute atomic E-state index is 9.46. The lowest BCUT2D eigenvalue weighted by Gasteiger charge is -2.06. The van der Waals surface area contributed by atoms with Crippen LogP contribution < -0.4 is 10.4 Å². The van der Waals surface area contributed by atoms with Crippen LogP contribution in [0.15, 0.2) is 12.4 Å². The monoisotopic (exact) mass is 207 g/mol. The molecule has 0 fully saturated rings. The van der Waals surface area contributed by atoms with Gasteiger partial charge in [-0.2, -0.15) is 4.98 Å². The van der Waals surface area contributed by atoms with Crippen LogP contribution >= 0.6 is 0 Å². The summed E-state index contributed by atoms with van der Waals surface area (Å²) >= 11 is 0. The van der Waals surface area contributed by atoms with Crippen LogP contribution in [0.5, 0.6) is 5.88 Å². The fraction of sp³-hybridized carbons (Fsp3) is 0.250. The largest absolute Gasteiger partial charge is 0.476 e. The molecule has 0 atom stereocenters. The highest BCUT2D eigenvalue weighted by atomic mass is 16.5. The van der Waals surface area contributed by atoms with Gasteiger partial charge in [-0.1, -0.05) is 0 Å². The van der Waals surface area contributed by atoms with Crippen molar-refractivity contribution in [3.8, 4) is 5.88 Å². The highest BCUT2D eigenvalue weighted by molar-refractivity contribution is 5.74. The minimum absolute atomic E-state index is 0.154. The first-order chi connectivity index (χ1) is 7.24. The molecular weight excluding hydrogens is 198 g/mol. The van der Waals surface area contributed by atoms with Gasteiger partial charge in [0.15, 0.2) is 5.52 Å². The Morgan fingerprint density at radius 3 is 2.93 bits per heavy atom. The molecule has 0 spiro atoms. The number of aromatic nitrogens is 4. The lowest BCUT2D eigenvalue weighted by molar-refractivity contribution is 0.174. The second-order valence-corrected chi connectivity index (χ2v) is 2.71. The van der Waals surface area contributed by atoms with E-state index in [0.717, 1.165) is 0 Å². The van der Waals surface area contributed by atoms with E-state index in [-0.39, 0.29) is 17.1 Å². The molecule has 7 heteroatoms. The maximum atomic E-state index is 9.46. The summed E-state index contributed by atoms with van der Waals surface area (Å²) in [4.78, 5) is 11.6. The highest BCUT2D eigenvalue weighted by Crippen LogP contribution is 2.15. The molecule has 0 aliphatic rings. The molecule has 2 heterocycles. The molecule has 0 radical (unpaired) electrons. The van der Waals surface area contributed by atoms with E-state index < -0.39 is 0 Å². The topological polar surface area (TPSA) is 96.9 Å². The standard InChI is InChI=1S/C8H9N5O2/c1-2-15-7-5-6(11-4-3-10-5)13(14)8(9)12-7/h3-4,9,14H,2H2,1H3. The van der Waals surface area contributed by atoms with Gasteiger partial charge in [0.2, 0.25) is 11.5 Å². The van der Waals surface area contributed by atoms with Gasteiger partial charge in [0.25, 0.3) is 5.62 Å². The lowest BCUT2D eigenvalue weighted by atomic mass is 10.5. The van der Waals surface area contributed by atoms with Gasteiger partial charge in [0.1, 0.15) is 0 Å². The fourth-order valence-corrected chi connectivity index (χ4v) is 1.17. The molecule has 0 aliphatic heterocycles. The van der Waals surface area contributed by atoms with Gasteiger partial charge in [-0.05, 0) is 6.92 Å². The van der Waals surface area contributed by atoms with E-state index in [0.29, 0.717) is 16.9 Å². The lowest BCUT2D eigenvalue weighted by Crippen LogP contribution is -2.23. The minimum atomic E-state index is -0.341. The Morgan fingerprint density at radius 2 is 2.20 bits per heavy atom. The molecule has 0 saturated heterocycles. The van der Waals surface area contributed by atoms with E-state index in [4.69, 9.17) is 10.1 Å². The Morgan fingerprint density at radius 1 is 1.47 bits per heavy atom. The number of fused-ring (bicyclic) bond motifs is 1. The summed E-state index contributed by atoms with van der Waals surface area (Å²) in [5.74, 6) is 0.205. The minimum Gasteiger partial charge on any atom is -0.476 e. The molecule has 2 rings (SSSR count). The fourth-order valence-electron chi connectivity index (χ4n) is 1.17. The van der Waals surface area contributed by atoms with Crippen LogP contribution in [0.1, 0.15) is 6.92 Å². The summed E-state index contributed by atoms with van der Waals surface area (Å²) in [5, 5.41) is 16.8. The van der Waals surface area contributed by atoms with Crippen molar-refractivity contribution in [2.24, 2.45) is 0 Å². The zero-order chi connectivity index (χ0) is 10.8. The number of ether oxygens (including phenoxy) is 1. The molecule has 0 aromatic carbocycles. The SMILES string of the molecule is CCOc1nc(=N)n(O)c2nccnc12. The summed E-state index contributed by atoms with van der Waals surface area (Å²) in [6.45, 7) is 2.21. The zero-order valence-electron chi connectivity index (χ0n) is 8.01. The van der Waals surface area contributed by atoms with Gasteiger partial charge >= 0.3 is 0 Å². The van der Waals surface area contributed by atoms with Crippen LogP contribution in [0.3, 0.4) is 0 Å². The molecule has 0 aliphatic carbocycles. The van der Waals surface area contributed by atoms with E-state index in [1.54, 1.807) is 6.92 Å². The quantitative estimate of drug-likeness (QED) is 0.672. The van der Waals surface area contributed by atoms with Gasteiger partial charge in [0, 0.05) is 12.4 Å². The predicted octanol–water partition coefficient (Wildman–Crippen LogP) is -0.0582. The molecule has 7 nitrogen and oxygen atoms in total. The van der Waals surface area contributed by atoms with Crippen molar-refractivity contribution in [2.45, 2.75) is 6.92 Å². The van der Waals surface area contributed by atoms with Crippen molar-refractivity contribution in [2.75, 3.05) is 6.61 Å². The van der Waals surface area contributed by atoms with Crippen molar-refractivity contribution in [3.63, 3.8) is 0 Å². The van der Waals surface area contributed by atoms with E-state index >= 15 is 0 Å². The van der Waals surface area contributed by atoms with Crippen LogP contribution in [0.25, 0.3) is 11.2 Å². The smallest absolute Gasteiger partial charge is 0.261 e. The second-order valence-electron chi connectivity index (χ2n) is 2.71. The molecule has 2 aromatic heterocycles. The van der Waals surface area contributed by atoms with E-state index in [2.05, 4.69) is 15.0 Å². The van der Waals surface area contributed by atoms with Gasteiger partial charge in [-0.15, -0.1) is 4.73 Å². The van der Waals surface area contributed by atoms with Crippen molar-refractivity contribution in [3.05, 3.63) is 18.0 Å². The molecule has 2 aromatic rings. The molecule has 0 bridgehead atoms. The number of rotatable bonds is 2. The van der Waals surface area contributed by atoms with Gasteiger partial charge in [-0.3, -0.25) is 5.41 Å². The normalized spacial score (nSPS) is 10.5. The highest BCUT2D eigenvalue weighted by Gasteiger charge is 2.10. The Balaban J connectivity index is 2.82. The summed E-state index contributed by atoms with van der Waals surface area (Å²) in [6, 6.07) is 0. The first kappa shape index (κ1) is 9.38. The number of nitrogens with zero attached hydrogens (tertiary/aromatic N) is 4. The van der Waals surface area contributed by atoms with E-state index in [9.17, 15) is 5.21 Å². The third-order valence-corrected chi connectivity index (χ3v) is 1.77. The van der Waals surface area contributed by atoms with Gasteiger partial charge in [0.05, 0.1) is 6.61 Å². The van der Waals surface area contributed by atoms with Crippen LogP contribution in [0.4, 0.5) is 0 Å². The van der Waals surface area contributed by atoms with Crippen molar-refractivity contribution in [1.82, 2.24) is 19.7 Å². The molecule has 78 valence electrons. The van der Waals surface area contributed by atoms with Crippen LogP contribution in [0.2, 0.25) is 0 Å². The summed E-state index contributed by atoms with van der Waals surface area (Å²) in [5.41, 5.74) is 0.144. The molecule has 0 amide bonds. The maximum Gasteiger partial charge on any atom is 0.261 e. The predicted molar refractivity (Wildman–Crippen MR) is 49.5 cm³/mol. The average molecular weight is 207 g/mol. The van der Waals surface area contributed by atoms with Crippen LogP contribution in [-0.2, 0) is 0 Å².